The molecule has 1 aromatic heterocycles. The fraction of sp³-hybridized carbons (Fsp3) is 0.538. The van der Waals surface area contributed by atoms with Crippen LogP contribution in [0.3, 0.4) is 0 Å². The fourth-order valence-corrected chi connectivity index (χ4v) is 2.12. The van der Waals surface area contributed by atoms with Crippen molar-refractivity contribution >= 4 is 17.4 Å². The average molecular weight is 250 g/mol. The predicted molar refractivity (Wildman–Crippen MR) is 69.0 cm³/mol. The third-order valence-corrected chi connectivity index (χ3v) is 3.54. The third kappa shape index (κ3) is 3.10. The number of halogens is 1. The molecule has 0 spiro atoms. The predicted octanol–water partition coefficient (Wildman–Crippen LogP) is 3.60. The Hall–Kier alpha value is -1.27. The number of nitrogens with one attached hydrogen (secondary N) is 1. The summed E-state index contributed by atoms with van der Waals surface area (Å²) < 4.78 is 0. The number of anilines is 1. The highest BCUT2D eigenvalue weighted by Gasteiger charge is 2.25. The van der Waals surface area contributed by atoms with Gasteiger partial charge in [0.1, 0.15) is 16.9 Å². The van der Waals surface area contributed by atoms with E-state index >= 15 is 0 Å². The first-order chi connectivity index (χ1) is 8.24. The summed E-state index contributed by atoms with van der Waals surface area (Å²) in [5.74, 6) is 1.50. The Morgan fingerprint density at radius 1 is 1.65 bits per heavy atom. The van der Waals surface area contributed by atoms with Crippen LogP contribution in [0.2, 0.25) is 5.02 Å². The van der Waals surface area contributed by atoms with Gasteiger partial charge in [0.25, 0.3) is 0 Å². The molecule has 1 aliphatic rings. The molecule has 4 heteroatoms. The maximum atomic E-state index is 8.90. The zero-order valence-corrected chi connectivity index (χ0v) is 10.7. The van der Waals surface area contributed by atoms with E-state index in [1.807, 2.05) is 0 Å². The minimum atomic E-state index is 0.404. The first-order valence-electron chi connectivity index (χ1n) is 6.05. The lowest BCUT2D eigenvalue weighted by molar-refractivity contribution is 0.585. The van der Waals surface area contributed by atoms with Gasteiger partial charge in [-0.1, -0.05) is 31.4 Å². The second-order valence-electron chi connectivity index (χ2n) is 4.56. The van der Waals surface area contributed by atoms with Crippen molar-refractivity contribution in [1.82, 2.24) is 4.98 Å². The Kier molecular flexibility index (Phi) is 3.86. The van der Waals surface area contributed by atoms with E-state index in [0.717, 1.165) is 12.3 Å². The van der Waals surface area contributed by atoms with Crippen LogP contribution in [0.15, 0.2) is 12.3 Å². The minimum Gasteiger partial charge on any atom is -0.366 e. The van der Waals surface area contributed by atoms with Crippen molar-refractivity contribution in [2.75, 3.05) is 5.32 Å². The van der Waals surface area contributed by atoms with E-state index < -0.39 is 0 Å². The minimum absolute atomic E-state index is 0.404. The Morgan fingerprint density at radius 3 is 3.00 bits per heavy atom. The Labute approximate surface area is 107 Å². The number of pyridine rings is 1. The molecule has 1 N–H and O–H groups in total. The van der Waals surface area contributed by atoms with Crippen molar-refractivity contribution in [1.29, 1.82) is 5.26 Å². The van der Waals surface area contributed by atoms with Crippen molar-refractivity contribution in [3.63, 3.8) is 0 Å². The van der Waals surface area contributed by atoms with Crippen LogP contribution in [0.1, 0.15) is 38.2 Å². The summed E-state index contributed by atoms with van der Waals surface area (Å²) >= 11 is 6.11. The highest BCUT2D eigenvalue weighted by molar-refractivity contribution is 6.34. The van der Waals surface area contributed by atoms with Crippen LogP contribution in [0, 0.1) is 17.2 Å². The van der Waals surface area contributed by atoms with Gasteiger partial charge in [0.2, 0.25) is 0 Å². The second-order valence-corrected chi connectivity index (χ2v) is 4.94. The molecule has 1 atom stereocenters. The Balaban J connectivity index is 2.08. The SMILES string of the molecule is CCC(CC1CC1)Nc1nccc(C#N)c1Cl. The van der Waals surface area contributed by atoms with Gasteiger partial charge in [-0.3, -0.25) is 0 Å². The molecule has 0 saturated heterocycles. The number of nitriles is 1. The number of aromatic nitrogens is 1. The van der Waals surface area contributed by atoms with Crippen LogP contribution >= 0.6 is 11.6 Å². The van der Waals surface area contributed by atoms with E-state index in [9.17, 15) is 0 Å². The first-order valence-corrected chi connectivity index (χ1v) is 6.43. The monoisotopic (exact) mass is 249 g/mol. The smallest absolute Gasteiger partial charge is 0.146 e. The van der Waals surface area contributed by atoms with Gasteiger partial charge in [-0.05, 0) is 24.8 Å². The molecule has 0 amide bonds. The lowest BCUT2D eigenvalue weighted by atomic mass is 10.1. The van der Waals surface area contributed by atoms with Crippen molar-refractivity contribution in [3.8, 4) is 6.07 Å². The van der Waals surface area contributed by atoms with Crippen LogP contribution in [-0.2, 0) is 0 Å². The zero-order valence-electron chi connectivity index (χ0n) is 9.91. The van der Waals surface area contributed by atoms with Crippen LogP contribution < -0.4 is 5.32 Å². The maximum Gasteiger partial charge on any atom is 0.146 e. The van der Waals surface area contributed by atoms with Gasteiger partial charge < -0.3 is 5.32 Å². The van der Waals surface area contributed by atoms with Gasteiger partial charge in [0, 0.05) is 12.2 Å². The van der Waals surface area contributed by atoms with E-state index in [-0.39, 0.29) is 0 Å². The molecule has 2 rings (SSSR count). The van der Waals surface area contributed by atoms with Crippen LogP contribution in [0.4, 0.5) is 5.82 Å². The maximum absolute atomic E-state index is 8.90. The number of hydrogen-bond donors (Lipinski definition) is 1. The van der Waals surface area contributed by atoms with Crippen molar-refractivity contribution in [2.45, 2.75) is 38.6 Å². The normalized spacial score (nSPS) is 16.3. The molecule has 1 saturated carbocycles. The highest BCUT2D eigenvalue weighted by Crippen LogP contribution is 2.35. The Bertz CT molecular complexity index is 435. The molecule has 90 valence electrons. The van der Waals surface area contributed by atoms with Gasteiger partial charge in [-0.25, -0.2) is 4.98 Å². The number of hydrogen-bond acceptors (Lipinski definition) is 3. The molecule has 1 aromatic rings. The lowest BCUT2D eigenvalue weighted by Gasteiger charge is -2.18. The van der Waals surface area contributed by atoms with E-state index in [2.05, 4.69) is 23.3 Å². The van der Waals surface area contributed by atoms with Gasteiger partial charge in [-0.15, -0.1) is 0 Å². The third-order valence-electron chi connectivity index (χ3n) is 3.16. The molecule has 0 aliphatic heterocycles. The van der Waals surface area contributed by atoms with E-state index in [0.29, 0.717) is 22.4 Å². The quantitative estimate of drug-likeness (QED) is 0.868. The molecule has 3 nitrogen and oxygen atoms in total. The van der Waals surface area contributed by atoms with Gasteiger partial charge in [0.05, 0.1) is 5.56 Å². The molecular formula is C13H16ClN3. The molecule has 1 unspecified atom stereocenters. The standard InChI is InChI=1S/C13H16ClN3/c1-2-11(7-9-3-4-9)17-13-12(14)10(8-15)5-6-16-13/h5-6,9,11H,2-4,7H2,1H3,(H,16,17). The molecule has 0 aromatic carbocycles. The summed E-state index contributed by atoms with van der Waals surface area (Å²) in [6, 6.07) is 4.11. The fourth-order valence-electron chi connectivity index (χ4n) is 1.91. The summed E-state index contributed by atoms with van der Waals surface area (Å²) in [6.45, 7) is 2.15. The van der Waals surface area contributed by atoms with Gasteiger partial charge in [0.15, 0.2) is 0 Å². The molecule has 1 aliphatic carbocycles. The summed E-state index contributed by atoms with van der Waals surface area (Å²) in [5, 5.41) is 12.7. The van der Waals surface area contributed by atoms with E-state index in [4.69, 9.17) is 16.9 Å². The molecule has 1 heterocycles. The average Bonchev–Trinajstić information content (AvgIpc) is 3.14. The van der Waals surface area contributed by atoms with Crippen LogP contribution in [-0.4, -0.2) is 11.0 Å². The molecule has 1 fully saturated rings. The van der Waals surface area contributed by atoms with Gasteiger partial charge in [-0.2, -0.15) is 5.26 Å². The van der Waals surface area contributed by atoms with Gasteiger partial charge >= 0.3 is 0 Å². The first kappa shape index (κ1) is 12.2. The molecule has 0 bridgehead atoms. The van der Waals surface area contributed by atoms with Crippen molar-refractivity contribution in [3.05, 3.63) is 22.8 Å². The van der Waals surface area contributed by atoms with Crippen LogP contribution in [0.25, 0.3) is 0 Å². The largest absolute Gasteiger partial charge is 0.366 e. The van der Waals surface area contributed by atoms with E-state index in [1.165, 1.54) is 19.3 Å². The molecular weight excluding hydrogens is 234 g/mol. The van der Waals surface area contributed by atoms with Crippen LogP contribution in [0.5, 0.6) is 0 Å². The van der Waals surface area contributed by atoms with E-state index in [1.54, 1.807) is 12.3 Å². The number of nitrogens with zero attached hydrogens (tertiary/aromatic N) is 2. The lowest BCUT2D eigenvalue weighted by Crippen LogP contribution is -2.20. The Morgan fingerprint density at radius 2 is 2.41 bits per heavy atom. The number of rotatable bonds is 5. The van der Waals surface area contributed by atoms with Crippen molar-refractivity contribution in [2.24, 2.45) is 5.92 Å². The summed E-state index contributed by atoms with van der Waals surface area (Å²) in [6.07, 6.45) is 6.53. The molecule has 17 heavy (non-hydrogen) atoms. The topological polar surface area (TPSA) is 48.7 Å². The summed E-state index contributed by atoms with van der Waals surface area (Å²) in [7, 11) is 0. The second kappa shape index (κ2) is 5.37. The molecule has 0 radical (unpaired) electrons. The van der Waals surface area contributed by atoms with Crippen molar-refractivity contribution < 1.29 is 0 Å². The highest BCUT2D eigenvalue weighted by atomic mass is 35.5. The summed E-state index contributed by atoms with van der Waals surface area (Å²) in [4.78, 5) is 4.21. The summed E-state index contributed by atoms with van der Waals surface area (Å²) in [5.41, 5.74) is 0.477. The zero-order chi connectivity index (χ0) is 12.3.